The van der Waals surface area contributed by atoms with Crippen LogP contribution < -0.4 is 0 Å². The lowest BCUT2D eigenvalue weighted by molar-refractivity contribution is -0.453. The molecule has 132 valence electrons. The van der Waals surface area contributed by atoms with Crippen molar-refractivity contribution in [2.75, 3.05) is 0 Å². The number of aryl methyl sites for hydroxylation is 1. The van der Waals surface area contributed by atoms with E-state index >= 15 is 0 Å². The van der Waals surface area contributed by atoms with Crippen LogP contribution in [0.2, 0.25) is 0 Å². The number of ether oxygens (including phenoxy) is 1. The number of hydrogen-bond acceptors (Lipinski definition) is 6. The average Bonchev–Trinajstić information content (AvgIpc) is 2.59. The monoisotopic (exact) mass is 336 g/mol. The number of rotatable bonds is 5. The third-order valence-electron chi connectivity index (χ3n) is 4.69. The van der Waals surface area contributed by atoms with Gasteiger partial charge in [0.15, 0.2) is 0 Å². The molecule has 1 saturated carbocycles. The predicted octanol–water partition coefficient (Wildman–Crippen LogP) is 4.23. The van der Waals surface area contributed by atoms with E-state index in [1.807, 2.05) is 26.0 Å². The summed E-state index contributed by atoms with van der Waals surface area (Å²) in [5.41, 5.74) is 1.40. The van der Waals surface area contributed by atoms with Crippen LogP contribution in [0.5, 0.6) is 0 Å². The lowest BCUT2D eigenvalue weighted by Gasteiger charge is -2.32. The van der Waals surface area contributed by atoms with Crippen LogP contribution in [-0.4, -0.2) is 18.2 Å². The van der Waals surface area contributed by atoms with Gasteiger partial charge in [-0.2, -0.15) is 0 Å². The summed E-state index contributed by atoms with van der Waals surface area (Å²) in [7, 11) is 0. The second-order valence-corrected chi connectivity index (χ2v) is 6.25. The Balaban J connectivity index is 1.72. The smallest absolute Gasteiger partial charge is 0.429 e. The van der Waals surface area contributed by atoms with E-state index < -0.39 is 12.1 Å². The molecular formula is C18H24O6. The summed E-state index contributed by atoms with van der Waals surface area (Å²) in [5.74, 6) is -0.00238. The van der Waals surface area contributed by atoms with Crippen LogP contribution in [0.25, 0.3) is 0 Å². The zero-order chi connectivity index (χ0) is 17.5. The lowest BCUT2D eigenvalue weighted by atomic mass is 9.79. The molecule has 1 aliphatic rings. The molecule has 0 spiro atoms. The van der Waals surface area contributed by atoms with E-state index in [0.717, 1.165) is 31.2 Å². The summed E-state index contributed by atoms with van der Waals surface area (Å²) in [5, 5.41) is 4.25. The molecule has 1 aromatic rings. The van der Waals surface area contributed by atoms with E-state index in [9.17, 15) is 9.59 Å². The highest BCUT2D eigenvalue weighted by Crippen LogP contribution is 2.31. The van der Waals surface area contributed by atoms with E-state index in [2.05, 4.69) is 21.7 Å². The number of carbonyl (C=O) groups excluding carboxylic acids is 2. The van der Waals surface area contributed by atoms with Gasteiger partial charge in [0.25, 0.3) is 0 Å². The van der Waals surface area contributed by atoms with Crippen molar-refractivity contribution < 1.29 is 29.1 Å². The molecule has 6 heteroatoms. The quantitative estimate of drug-likeness (QED) is 0.455. The number of benzene rings is 1. The van der Waals surface area contributed by atoms with Crippen LogP contribution >= 0.6 is 0 Å². The largest absolute Gasteiger partial charge is 0.543 e. The first kappa shape index (κ1) is 18.3. The van der Waals surface area contributed by atoms with Crippen LogP contribution in [0.1, 0.15) is 56.0 Å². The summed E-state index contributed by atoms with van der Waals surface area (Å²) >= 11 is 0. The van der Waals surface area contributed by atoms with Crippen LogP contribution in [0, 0.1) is 11.8 Å². The molecule has 0 heterocycles. The fourth-order valence-corrected chi connectivity index (χ4v) is 2.84. The highest BCUT2D eigenvalue weighted by Gasteiger charge is 2.30. The highest BCUT2D eigenvalue weighted by molar-refractivity contribution is 5.88. The Bertz CT molecular complexity index is 553. The zero-order valence-corrected chi connectivity index (χ0v) is 14.3. The van der Waals surface area contributed by atoms with Crippen molar-refractivity contribution in [1.29, 1.82) is 0 Å². The first-order chi connectivity index (χ1) is 11.5. The molecule has 2 rings (SSSR count). The Morgan fingerprint density at radius 3 is 2.46 bits per heavy atom. The molecule has 0 amide bonds. The van der Waals surface area contributed by atoms with E-state index in [1.54, 1.807) is 12.1 Å². The Morgan fingerprint density at radius 2 is 1.79 bits per heavy atom. The molecule has 24 heavy (non-hydrogen) atoms. The lowest BCUT2D eigenvalue weighted by Crippen LogP contribution is -2.33. The molecule has 0 bridgehead atoms. The Morgan fingerprint density at radius 1 is 1.08 bits per heavy atom. The number of hydrogen-bond donors (Lipinski definition) is 0. The van der Waals surface area contributed by atoms with Crippen molar-refractivity contribution in [3.05, 3.63) is 35.4 Å². The SMILES string of the molecule is CCc1ccc(C(=O)OOOC(=O)OC2CCCC(C)C2C)cc1. The average molecular weight is 336 g/mol. The Kier molecular flexibility index (Phi) is 6.61. The molecule has 0 N–H and O–H groups in total. The maximum Gasteiger partial charge on any atom is 0.543 e. The van der Waals surface area contributed by atoms with Crippen molar-refractivity contribution >= 4 is 12.1 Å². The van der Waals surface area contributed by atoms with Gasteiger partial charge in [0.05, 0.1) is 10.6 Å². The van der Waals surface area contributed by atoms with Crippen molar-refractivity contribution in [2.45, 2.75) is 52.6 Å². The molecule has 1 aliphatic carbocycles. The molecular weight excluding hydrogens is 312 g/mol. The van der Waals surface area contributed by atoms with Gasteiger partial charge in [0.2, 0.25) is 0 Å². The van der Waals surface area contributed by atoms with Crippen LogP contribution in [0.3, 0.4) is 0 Å². The topological polar surface area (TPSA) is 71.1 Å². The van der Waals surface area contributed by atoms with Crippen LogP contribution in [0.15, 0.2) is 24.3 Å². The third-order valence-corrected chi connectivity index (χ3v) is 4.69. The Hall–Kier alpha value is -2.08. The van der Waals surface area contributed by atoms with Gasteiger partial charge in [-0.15, -0.1) is 0 Å². The van der Waals surface area contributed by atoms with E-state index in [-0.39, 0.29) is 12.0 Å². The second-order valence-electron chi connectivity index (χ2n) is 6.25. The van der Waals surface area contributed by atoms with Gasteiger partial charge in [0, 0.05) is 0 Å². The summed E-state index contributed by atoms with van der Waals surface area (Å²) in [6.07, 6.45) is 2.59. The maximum absolute atomic E-state index is 11.7. The van der Waals surface area contributed by atoms with E-state index in [0.29, 0.717) is 11.5 Å². The molecule has 6 nitrogen and oxygen atoms in total. The van der Waals surface area contributed by atoms with Gasteiger partial charge in [-0.05, 0) is 48.8 Å². The normalized spacial score (nSPS) is 23.4. The fourth-order valence-electron chi connectivity index (χ4n) is 2.84. The van der Waals surface area contributed by atoms with Crippen molar-refractivity contribution in [3.8, 4) is 0 Å². The molecule has 0 aliphatic heterocycles. The molecule has 3 atom stereocenters. The summed E-state index contributed by atoms with van der Waals surface area (Å²) in [6.45, 7) is 6.19. The molecule has 0 saturated heterocycles. The van der Waals surface area contributed by atoms with Crippen molar-refractivity contribution in [1.82, 2.24) is 0 Å². The van der Waals surface area contributed by atoms with Gasteiger partial charge >= 0.3 is 12.1 Å². The first-order valence-electron chi connectivity index (χ1n) is 8.36. The second kappa shape index (κ2) is 8.68. The maximum atomic E-state index is 11.7. The van der Waals surface area contributed by atoms with E-state index in [1.165, 1.54) is 0 Å². The highest BCUT2D eigenvalue weighted by atomic mass is 17.5. The zero-order valence-electron chi connectivity index (χ0n) is 14.3. The summed E-state index contributed by atoms with van der Waals surface area (Å²) in [4.78, 5) is 32.1. The minimum Gasteiger partial charge on any atom is -0.429 e. The van der Waals surface area contributed by atoms with Gasteiger partial charge in [-0.3, -0.25) is 4.89 Å². The van der Waals surface area contributed by atoms with Crippen LogP contribution in [-0.2, 0) is 26.0 Å². The van der Waals surface area contributed by atoms with E-state index in [4.69, 9.17) is 4.74 Å². The van der Waals surface area contributed by atoms with Gasteiger partial charge in [-0.25, -0.2) is 14.5 Å². The molecule has 1 fully saturated rings. The fraction of sp³-hybridized carbons (Fsp3) is 0.556. The molecule has 3 unspecified atom stereocenters. The standard InChI is InChI=1S/C18H24O6/c1-4-14-8-10-15(11-9-14)17(19)22-24-23-18(20)21-16-7-5-6-12(2)13(16)3/h8-13,16H,4-7H2,1-3H3. The minimum absolute atomic E-state index is 0.206. The Labute approximate surface area is 141 Å². The van der Waals surface area contributed by atoms with Crippen LogP contribution in [0.4, 0.5) is 4.79 Å². The minimum atomic E-state index is -1.00. The first-order valence-corrected chi connectivity index (χ1v) is 8.36. The molecule has 0 aromatic heterocycles. The summed E-state index contributed by atoms with van der Waals surface area (Å²) < 4.78 is 5.21. The predicted molar refractivity (Wildman–Crippen MR) is 85.9 cm³/mol. The van der Waals surface area contributed by atoms with Crippen molar-refractivity contribution in [2.24, 2.45) is 11.8 Å². The molecule has 1 aromatic carbocycles. The van der Waals surface area contributed by atoms with Gasteiger partial charge < -0.3 is 4.74 Å². The summed E-state index contributed by atoms with van der Waals surface area (Å²) in [6, 6.07) is 6.87. The van der Waals surface area contributed by atoms with Gasteiger partial charge in [0.1, 0.15) is 6.10 Å². The third kappa shape index (κ3) is 4.96. The number of carbonyl (C=O) groups is 2. The molecule has 0 radical (unpaired) electrons. The van der Waals surface area contributed by atoms with Gasteiger partial charge in [-0.1, -0.05) is 39.3 Å². The van der Waals surface area contributed by atoms with Crippen molar-refractivity contribution in [3.63, 3.8) is 0 Å².